The number of amides is 1. The van der Waals surface area contributed by atoms with Gasteiger partial charge in [-0.15, -0.1) is 0 Å². The van der Waals surface area contributed by atoms with Crippen LogP contribution >= 0.6 is 0 Å². The number of nitro groups is 1. The third-order valence-electron chi connectivity index (χ3n) is 3.87. The van der Waals surface area contributed by atoms with Crippen LogP contribution in [0.25, 0.3) is 0 Å². The van der Waals surface area contributed by atoms with E-state index < -0.39 is 16.4 Å². The third-order valence-corrected chi connectivity index (χ3v) is 3.87. The largest absolute Gasteiger partial charge is 0.388 e. The van der Waals surface area contributed by atoms with Crippen molar-refractivity contribution in [3.8, 4) is 0 Å². The van der Waals surface area contributed by atoms with Crippen LogP contribution in [-0.2, 0) is 0 Å². The van der Waals surface area contributed by atoms with Crippen molar-refractivity contribution in [2.45, 2.75) is 37.7 Å². The van der Waals surface area contributed by atoms with Gasteiger partial charge >= 0.3 is 0 Å². The molecule has 1 amide bonds. The number of carbonyl (C=O) groups excluding carboxylic acids is 1. The zero-order valence-corrected chi connectivity index (χ0v) is 11.7. The summed E-state index contributed by atoms with van der Waals surface area (Å²) < 4.78 is 0. The van der Waals surface area contributed by atoms with Crippen LogP contribution < -0.4 is 11.1 Å². The van der Waals surface area contributed by atoms with Crippen LogP contribution in [-0.4, -0.2) is 28.1 Å². The number of anilines is 1. The van der Waals surface area contributed by atoms with E-state index in [1.807, 2.05) is 0 Å². The van der Waals surface area contributed by atoms with E-state index in [1.54, 1.807) is 0 Å². The molecular weight excluding hydrogens is 274 g/mol. The number of benzene rings is 1. The number of hydrogen-bond acceptors (Lipinski definition) is 5. The van der Waals surface area contributed by atoms with Crippen molar-refractivity contribution in [1.29, 1.82) is 0 Å². The summed E-state index contributed by atoms with van der Waals surface area (Å²) in [6.07, 6.45) is 4.40. The highest BCUT2D eigenvalue weighted by Gasteiger charge is 2.29. The average Bonchev–Trinajstić information content (AvgIpc) is 2.45. The van der Waals surface area contributed by atoms with E-state index in [-0.39, 0.29) is 23.5 Å². The van der Waals surface area contributed by atoms with Gasteiger partial charge in [0.2, 0.25) is 5.91 Å². The highest BCUT2D eigenvalue weighted by Crippen LogP contribution is 2.30. The number of hydrogen-bond donors (Lipinski definition) is 3. The topological polar surface area (TPSA) is 118 Å². The first kappa shape index (κ1) is 15.2. The van der Waals surface area contributed by atoms with Gasteiger partial charge in [0, 0.05) is 18.2 Å². The molecule has 0 unspecified atom stereocenters. The second-order valence-electron chi connectivity index (χ2n) is 5.49. The average molecular weight is 293 g/mol. The number of carbonyl (C=O) groups is 1. The Morgan fingerprint density at radius 3 is 2.62 bits per heavy atom. The van der Waals surface area contributed by atoms with Crippen molar-refractivity contribution < 1.29 is 14.8 Å². The molecule has 0 heterocycles. The molecule has 2 rings (SSSR count). The molecule has 0 aromatic heterocycles. The number of aliphatic hydroxyl groups is 1. The van der Waals surface area contributed by atoms with Gasteiger partial charge in [-0.1, -0.05) is 19.3 Å². The fourth-order valence-electron chi connectivity index (χ4n) is 2.63. The Kier molecular flexibility index (Phi) is 4.42. The van der Waals surface area contributed by atoms with Crippen LogP contribution in [0.3, 0.4) is 0 Å². The maximum Gasteiger partial charge on any atom is 0.293 e. The maximum atomic E-state index is 11.1. The number of nitrogens with one attached hydrogen (secondary N) is 1. The molecule has 0 aliphatic heterocycles. The molecule has 1 saturated carbocycles. The van der Waals surface area contributed by atoms with Crippen molar-refractivity contribution in [2.75, 3.05) is 11.9 Å². The summed E-state index contributed by atoms with van der Waals surface area (Å²) in [5, 5.41) is 24.4. The van der Waals surface area contributed by atoms with Gasteiger partial charge in [-0.05, 0) is 25.0 Å². The van der Waals surface area contributed by atoms with Gasteiger partial charge in [-0.25, -0.2) is 0 Å². The Bertz CT molecular complexity index is 553. The first-order valence-electron chi connectivity index (χ1n) is 6.96. The Morgan fingerprint density at radius 1 is 1.38 bits per heavy atom. The van der Waals surface area contributed by atoms with Crippen LogP contribution in [0.4, 0.5) is 11.4 Å². The molecule has 0 saturated heterocycles. The van der Waals surface area contributed by atoms with E-state index in [2.05, 4.69) is 5.32 Å². The lowest BCUT2D eigenvalue weighted by atomic mass is 9.85. The van der Waals surface area contributed by atoms with Crippen LogP contribution in [0, 0.1) is 10.1 Å². The van der Waals surface area contributed by atoms with Crippen LogP contribution in [0.2, 0.25) is 0 Å². The number of nitrogens with two attached hydrogens (primary N) is 1. The summed E-state index contributed by atoms with van der Waals surface area (Å²) in [6, 6.07) is 4.03. The van der Waals surface area contributed by atoms with Gasteiger partial charge in [0.1, 0.15) is 5.69 Å². The Labute approximate surface area is 122 Å². The molecule has 1 aliphatic carbocycles. The summed E-state index contributed by atoms with van der Waals surface area (Å²) in [6.45, 7) is 0.254. The molecule has 7 heteroatoms. The van der Waals surface area contributed by atoms with Gasteiger partial charge in [0.15, 0.2) is 0 Å². The van der Waals surface area contributed by atoms with Crippen LogP contribution in [0.5, 0.6) is 0 Å². The highest BCUT2D eigenvalue weighted by atomic mass is 16.6. The minimum absolute atomic E-state index is 0.0867. The lowest BCUT2D eigenvalue weighted by molar-refractivity contribution is -0.384. The molecular formula is C14H19N3O4. The fourth-order valence-corrected chi connectivity index (χ4v) is 2.63. The Balaban J connectivity index is 2.15. The summed E-state index contributed by atoms with van der Waals surface area (Å²) in [7, 11) is 0. The van der Waals surface area contributed by atoms with Crippen LogP contribution in [0.15, 0.2) is 18.2 Å². The van der Waals surface area contributed by atoms with Gasteiger partial charge in [-0.2, -0.15) is 0 Å². The van der Waals surface area contributed by atoms with Crippen molar-refractivity contribution in [1.82, 2.24) is 0 Å². The van der Waals surface area contributed by atoms with E-state index in [4.69, 9.17) is 5.73 Å². The zero-order valence-electron chi connectivity index (χ0n) is 11.7. The highest BCUT2D eigenvalue weighted by molar-refractivity contribution is 5.94. The first-order valence-corrected chi connectivity index (χ1v) is 6.96. The molecule has 4 N–H and O–H groups in total. The molecule has 0 spiro atoms. The van der Waals surface area contributed by atoms with Crippen molar-refractivity contribution in [3.05, 3.63) is 33.9 Å². The molecule has 1 aliphatic rings. The Morgan fingerprint density at radius 2 is 2.05 bits per heavy atom. The quantitative estimate of drug-likeness (QED) is 0.565. The second kappa shape index (κ2) is 6.09. The van der Waals surface area contributed by atoms with Gasteiger partial charge in [0.05, 0.1) is 10.5 Å². The number of nitro benzene ring substituents is 1. The number of nitrogens with zero attached hydrogens (tertiary/aromatic N) is 1. The smallest absolute Gasteiger partial charge is 0.293 e. The minimum atomic E-state index is -0.825. The van der Waals surface area contributed by atoms with Crippen LogP contribution in [0.1, 0.15) is 42.5 Å². The molecule has 21 heavy (non-hydrogen) atoms. The lowest BCUT2D eigenvalue weighted by Gasteiger charge is -2.32. The van der Waals surface area contributed by atoms with E-state index in [0.29, 0.717) is 12.8 Å². The molecule has 1 aromatic rings. The van der Waals surface area contributed by atoms with E-state index >= 15 is 0 Å². The van der Waals surface area contributed by atoms with E-state index in [9.17, 15) is 20.0 Å². The summed E-state index contributed by atoms with van der Waals surface area (Å²) in [5.41, 5.74) is 4.45. The SMILES string of the molecule is NC(=O)c1ccc(NCC2(O)CCCCC2)c([N+](=O)[O-])c1. The normalized spacial score (nSPS) is 17.2. The van der Waals surface area contributed by atoms with E-state index in [1.165, 1.54) is 12.1 Å². The van der Waals surface area contributed by atoms with Gasteiger partial charge in [-0.3, -0.25) is 14.9 Å². The standard InChI is InChI=1S/C14H19N3O4/c15-13(18)10-4-5-11(12(8-10)17(20)21)16-9-14(19)6-2-1-3-7-14/h4-5,8,16,19H,1-3,6-7,9H2,(H2,15,18). The molecule has 114 valence electrons. The second-order valence-corrected chi connectivity index (χ2v) is 5.49. The minimum Gasteiger partial charge on any atom is -0.388 e. The maximum absolute atomic E-state index is 11.1. The van der Waals surface area contributed by atoms with E-state index in [0.717, 1.165) is 25.3 Å². The molecule has 0 bridgehead atoms. The van der Waals surface area contributed by atoms with Crippen molar-refractivity contribution in [3.63, 3.8) is 0 Å². The fraction of sp³-hybridized carbons (Fsp3) is 0.500. The van der Waals surface area contributed by atoms with Crippen molar-refractivity contribution >= 4 is 17.3 Å². The van der Waals surface area contributed by atoms with Gasteiger partial charge in [0.25, 0.3) is 5.69 Å². The summed E-state index contributed by atoms with van der Waals surface area (Å²) in [4.78, 5) is 21.6. The van der Waals surface area contributed by atoms with Crippen molar-refractivity contribution in [2.24, 2.45) is 5.73 Å². The third kappa shape index (κ3) is 3.69. The van der Waals surface area contributed by atoms with Gasteiger partial charge < -0.3 is 16.2 Å². The number of rotatable bonds is 5. The predicted octanol–water partition coefficient (Wildman–Crippen LogP) is 1.80. The first-order chi connectivity index (χ1) is 9.91. The summed E-state index contributed by atoms with van der Waals surface area (Å²) in [5.74, 6) is -0.712. The molecule has 1 fully saturated rings. The Hall–Kier alpha value is -2.15. The molecule has 0 atom stereocenters. The lowest BCUT2D eigenvalue weighted by Crippen LogP contribution is -2.38. The monoisotopic (exact) mass is 293 g/mol. The summed E-state index contributed by atoms with van der Waals surface area (Å²) >= 11 is 0. The number of primary amides is 1. The predicted molar refractivity (Wildman–Crippen MR) is 78.1 cm³/mol. The molecule has 0 radical (unpaired) electrons. The molecule has 1 aromatic carbocycles. The molecule has 7 nitrogen and oxygen atoms in total. The zero-order chi connectivity index (χ0) is 15.5.